The molecule has 0 atom stereocenters. The van der Waals surface area contributed by atoms with E-state index in [9.17, 15) is 13.2 Å². The Labute approximate surface area is 222 Å². The van der Waals surface area contributed by atoms with Gasteiger partial charge in [0.1, 0.15) is 0 Å². The molecule has 3 heterocycles. The van der Waals surface area contributed by atoms with Crippen LogP contribution in [-0.4, -0.2) is 59.2 Å². The van der Waals surface area contributed by atoms with Crippen molar-refractivity contribution in [3.63, 3.8) is 0 Å². The predicted octanol–water partition coefficient (Wildman–Crippen LogP) is 3.99. The molecule has 5 rings (SSSR count). The summed E-state index contributed by atoms with van der Waals surface area (Å²) in [6.45, 7) is 3.92. The van der Waals surface area contributed by atoms with Crippen LogP contribution in [0.5, 0.6) is 0 Å². The normalized spacial score (nSPS) is 15.1. The van der Waals surface area contributed by atoms with Crippen LogP contribution in [0.4, 0.5) is 11.6 Å². The van der Waals surface area contributed by atoms with Crippen molar-refractivity contribution in [3.8, 4) is 11.3 Å². The number of anilines is 2. The molecule has 3 N–H and O–H groups in total. The first-order valence-corrected chi connectivity index (χ1v) is 14.5. The van der Waals surface area contributed by atoms with Gasteiger partial charge < -0.3 is 11.1 Å². The van der Waals surface area contributed by atoms with Crippen LogP contribution in [0.3, 0.4) is 0 Å². The molecule has 9 nitrogen and oxygen atoms in total. The van der Waals surface area contributed by atoms with Crippen molar-refractivity contribution in [2.45, 2.75) is 37.0 Å². The lowest BCUT2D eigenvalue weighted by molar-refractivity contribution is -0.119. The molecule has 1 aliphatic rings. The lowest BCUT2D eigenvalue weighted by Crippen LogP contribution is -2.39. The molecule has 10 heteroatoms. The van der Waals surface area contributed by atoms with Crippen LogP contribution < -0.4 is 11.1 Å². The molecule has 0 bridgehead atoms. The van der Waals surface area contributed by atoms with Gasteiger partial charge in [0, 0.05) is 11.3 Å². The summed E-state index contributed by atoms with van der Waals surface area (Å²) in [5, 5.41) is 7.96. The summed E-state index contributed by atoms with van der Waals surface area (Å²) in [6, 6.07) is 19.1. The maximum absolute atomic E-state index is 12.6. The van der Waals surface area contributed by atoms with Gasteiger partial charge in [0.05, 0.1) is 34.6 Å². The molecule has 0 radical (unpaired) electrons. The average Bonchev–Trinajstić information content (AvgIpc) is 3.33. The van der Waals surface area contributed by atoms with Gasteiger partial charge in [-0.15, -0.1) is 5.10 Å². The molecular formula is C28H32N6O3S. The largest absolute Gasteiger partial charge is 0.369 e. The number of hydrogen-bond donors (Lipinski definition) is 2. The van der Waals surface area contributed by atoms with Gasteiger partial charge in [-0.25, -0.2) is 17.9 Å². The molecule has 1 amide bonds. The van der Waals surface area contributed by atoms with Crippen LogP contribution >= 0.6 is 0 Å². The van der Waals surface area contributed by atoms with Crippen molar-refractivity contribution in [2.24, 2.45) is 5.73 Å². The zero-order valence-corrected chi connectivity index (χ0v) is 22.2. The van der Waals surface area contributed by atoms with Gasteiger partial charge in [-0.3, -0.25) is 9.69 Å². The fraction of sp³-hybridized carbons (Fsp3) is 0.321. The predicted molar refractivity (Wildman–Crippen MR) is 148 cm³/mol. The van der Waals surface area contributed by atoms with Gasteiger partial charge in [-0.2, -0.15) is 0 Å². The highest BCUT2D eigenvalue weighted by Gasteiger charge is 2.21. The van der Waals surface area contributed by atoms with Gasteiger partial charge in [-0.1, -0.05) is 31.2 Å². The highest BCUT2D eigenvalue weighted by molar-refractivity contribution is 7.91. The van der Waals surface area contributed by atoms with E-state index in [-0.39, 0.29) is 11.7 Å². The zero-order valence-electron chi connectivity index (χ0n) is 21.4. The zero-order chi connectivity index (χ0) is 26.7. The third-order valence-electron chi connectivity index (χ3n) is 6.97. The SMILES string of the molecule is CCCS(=O)(=O)c1cccc(-c2ccc3cnc(Nc4ccc(C5CCN(CC(N)=O)CC5)cc4)nn23)c1. The van der Waals surface area contributed by atoms with Crippen molar-refractivity contribution < 1.29 is 13.2 Å². The Morgan fingerprint density at radius 1 is 1.08 bits per heavy atom. The second kappa shape index (κ2) is 10.9. The summed E-state index contributed by atoms with van der Waals surface area (Å²) < 4.78 is 27.0. The van der Waals surface area contributed by atoms with E-state index in [1.165, 1.54) is 5.56 Å². The monoisotopic (exact) mass is 532 g/mol. The lowest BCUT2D eigenvalue weighted by Gasteiger charge is -2.31. The Morgan fingerprint density at radius 2 is 1.84 bits per heavy atom. The Bertz CT molecular complexity index is 1540. The molecule has 198 valence electrons. The Kier molecular flexibility index (Phi) is 7.44. The summed E-state index contributed by atoms with van der Waals surface area (Å²) in [5.74, 6) is 0.742. The van der Waals surface area contributed by atoms with E-state index in [2.05, 4.69) is 32.4 Å². The Morgan fingerprint density at radius 3 is 2.55 bits per heavy atom. The number of sulfone groups is 1. The number of benzene rings is 2. The topological polar surface area (TPSA) is 123 Å². The van der Waals surface area contributed by atoms with Crippen molar-refractivity contribution in [2.75, 3.05) is 30.7 Å². The van der Waals surface area contributed by atoms with Gasteiger partial charge in [-0.05, 0) is 80.2 Å². The molecule has 0 unspecified atom stereocenters. The van der Waals surface area contributed by atoms with Crippen LogP contribution in [0.15, 0.2) is 71.8 Å². The second-order valence-corrected chi connectivity index (χ2v) is 11.9. The molecular weight excluding hydrogens is 500 g/mol. The molecule has 0 aliphatic carbocycles. The first-order valence-electron chi connectivity index (χ1n) is 12.9. The smallest absolute Gasteiger partial charge is 0.245 e. The number of nitrogens with one attached hydrogen (secondary N) is 1. The van der Waals surface area contributed by atoms with E-state index in [1.54, 1.807) is 28.9 Å². The fourth-order valence-electron chi connectivity index (χ4n) is 5.03. The number of nitrogens with zero attached hydrogens (tertiary/aromatic N) is 4. The highest BCUT2D eigenvalue weighted by atomic mass is 32.2. The van der Waals surface area contributed by atoms with E-state index >= 15 is 0 Å². The molecule has 4 aromatic rings. The maximum Gasteiger partial charge on any atom is 0.245 e. The number of carbonyl (C=O) groups is 1. The first-order chi connectivity index (χ1) is 18.3. The summed E-state index contributed by atoms with van der Waals surface area (Å²) in [5.41, 5.74) is 9.85. The van der Waals surface area contributed by atoms with Gasteiger partial charge in [0.2, 0.25) is 11.9 Å². The van der Waals surface area contributed by atoms with Crippen LogP contribution in [0.1, 0.15) is 37.7 Å². The molecule has 2 aromatic heterocycles. The number of rotatable bonds is 9. The van der Waals surface area contributed by atoms with Crippen LogP contribution in [0.25, 0.3) is 16.8 Å². The minimum Gasteiger partial charge on any atom is -0.369 e. The van der Waals surface area contributed by atoms with Crippen molar-refractivity contribution >= 4 is 32.9 Å². The molecule has 2 aromatic carbocycles. The van der Waals surface area contributed by atoms with Crippen molar-refractivity contribution in [1.82, 2.24) is 19.5 Å². The number of nitrogens with two attached hydrogens (primary N) is 1. The molecule has 38 heavy (non-hydrogen) atoms. The van der Waals surface area contributed by atoms with E-state index in [0.29, 0.717) is 29.7 Å². The van der Waals surface area contributed by atoms with Crippen molar-refractivity contribution in [3.05, 3.63) is 72.4 Å². The van der Waals surface area contributed by atoms with Gasteiger partial charge in [0.25, 0.3) is 0 Å². The van der Waals surface area contributed by atoms with Gasteiger partial charge in [0.15, 0.2) is 9.84 Å². The van der Waals surface area contributed by atoms with E-state index in [0.717, 1.165) is 48.4 Å². The lowest BCUT2D eigenvalue weighted by atomic mass is 9.89. The number of aromatic nitrogens is 3. The Hall–Kier alpha value is -3.76. The van der Waals surface area contributed by atoms with Gasteiger partial charge >= 0.3 is 0 Å². The minimum atomic E-state index is -3.32. The molecule has 0 saturated carbocycles. The van der Waals surface area contributed by atoms with E-state index in [1.807, 2.05) is 37.3 Å². The highest BCUT2D eigenvalue weighted by Crippen LogP contribution is 2.29. The summed E-state index contributed by atoms with van der Waals surface area (Å²) >= 11 is 0. The number of carbonyl (C=O) groups excluding carboxylic acids is 1. The number of hydrogen-bond acceptors (Lipinski definition) is 7. The summed E-state index contributed by atoms with van der Waals surface area (Å²) in [7, 11) is -3.32. The molecule has 1 aliphatic heterocycles. The summed E-state index contributed by atoms with van der Waals surface area (Å²) in [4.78, 5) is 18.0. The number of piperidine rings is 1. The third-order valence-corrected chi connectivity index (χ3v) is 8.88. The number of primary amides is 1. The number of fused-ring (bicyclic) bond motifs is 1. The maximum atomic E-state index is 12.6. The van der Waals surface area contributed by atoms with E-state index < -0.39 is 9.84 Å². The standard InChI is InChI=1S/C28H32N6O3S/c1-2-16-38(36,37)25-5-3-4-22(17-25)26-11-10-24-18-30-28(32-34(24)26)31-23-8-6-20(7-9-23)21-12-14-33(15-13-21)19-27(29)35/h3-11,17-18,21H,2,12-16,19H2,1H3,(H2,29,35)(H,31,32). The van der Waals surface area contributed by atoms with Crippen LogP contribution in [0.2, 0.25) is 0 Å². The Balaban J connectivity index is 1.32. The van der Waals surface area contributed by atoms with Crippen molar-refractivity contribution in [1.29, 1.82) is 0 Å². The molecule has 0 spiro atoms. The van der Waals surface area contributed by atoms with Crippen LogP contribution in [0, 0.1) is 0 Å². The quantitative estimate of drug-likeness (QED) is 0.334. The van der Waals surface area contributed by atoms with E-state index in [4.69, 9.17) is 5.73 Å². The number of amides is 1. The fourth-order valence-corrected chi connectivity index (χ4v) is 6.39. The third kappa shape index (κ3) is 5.71. The molecule has 1 saturated heterocycles. The first kappa shape index (κ1) is 25.9. The number of likely N-dealkylation sites (tertiary alicyclic amines) is 1. The molecule has 1 fully saturated rings. The van der Waals surface area contributed by atoms with Crippen LogP contribution in [-0.2, 0) is 14.6 Å². The second-order valence-electron chi connectivity index (χ2n) is 9.75. The minimum absolute atomic E-state index is 0.120. The average molecular weight is 533 g/mol. The summed E-state index contributed by atoms with van der Waals surface area (Å²) in [6.07, 6.45) is 4.30.